The fourth-order valence-corrected chi connectivity index (χ4v) is 3.48. The molecule has 20 heavy (non-hydrogen) atoms. The smallest absolute Gasteiger partial charge is 0.228 e. The van der Waals surface area contributed by atoms with Crippen LogP contribution in [0, 0.1) is 0 Å². The van der Waals surface area contributed by atoms with Crippen molar-refractivity contribution in [3.05, 3.63) is 24.4 Å². The second-order valence-corrected chi connectivity index (χ2v) is 6.43. The fraction of sp³-hybridized carbons (Fsp3) is 0.357. The lowest BCUT2D eigenvalue weighted by Gasteiger charge is -2.16. The summed E-state index contributed by atoms with van der Waals surface area (Å²) < 4.78 is 1.80. The van der Waals surface area contributed by atoms with E-state index in [4.69, 9.17) is 0 Å². The van der Waals surface area contributed by atoms with E-state index < -0.39 is 0 Å². The standard InChI is InChI=1S/C14H15N3O2S/c1-9(18)20-12-6-14(19)17(8-12)11-3-4-13-10(5-11)7-15-16(13)2/h3-5,7,12H,6,8H2,1-2H3. The van der Waals surface area contributed by atoms with E-state index in [-0.39, 0.29) is 16.3 Å². The van der Waals surface area contributed by atoms with Crippen molar-refractivity contribution in [1.29, 1.82) is 0 Å². The summed E-state index contributed by atoms with van der Waals surface area (Å²) in [5.41, 5.74) is 1.91. The van der Waals surface area contributed by atoms with Crippen LogP contribution in [-0.2, 0) is 16.6 Å². The maximum atomic E-state index is 12.1. The second-order valence-electron chi connectivity index (χ2n) is 4.95. The number of nitrogens with zero attached hydrogens (tertiary/aromatic N) is 3. The summed E-state index contributed by atoms with van der Waals surface area (Å²) >= 11 is 1.25. The number of carbonyl (C=O) groups is 2. The molecule has 2 aromatic rings. The lowest BCUT2D eigenvalue weighted by atomic mass is 10.2. The molecule has 1 amide bonds. The Morgan fingerprint density at radius 1 is 1.45 bits per heavy atom. The molecule has 0 saturated carbocycles. The monoisotopic (exact) mass is 289 g/mol. The highest BCUT2D eigenvalue weighted by Gasteiger charge is 2.31. The van der Waals surface area contributed by atoms with Gasteiger partial charge in [0.2, 0.25) is 5.91 Å². The van der Waals surface area contributed by atoms with Crippen molar-refractivity contribution < 1.29 is 9.59 Å². The molecule has 1 unspecified atom stereocenters. The maximum absolute atomic E-state index is 12.1. The Morgan fingerprint density at radius 2 is 2.25 bits per heavy atom. The number of amides is 1. The third-order valence-corrected chi connectivity index (χ3v) is 4.44. The van der Waals surface area contributed by atoms with Gasteiger partial charge in [-0.05, 0) is 18.2 Å². The van der Waals surface area contributed by atoms with Crippen molar-refractivity contribution in [3.8, 4) is 0 Å². The number of anilines is 1. The van der Waals surface area contributed by atoms with Gasteiger partial charge in [-0.15, -0.1) is 0 Å². The normalized spacial score (nSPS) is 19.0. The van der Waals surface area contributed by atoms with Gasteiger partial charge in [0.15, 0.2) is 5.12 Å². The fourth-order valence-electron chi connectivity index (χ4n) is 2.56. The van der Waals surface area contributed by atoms with E-state index in [2.05, 4.69) is 5.10 Å². The van der Waals surface area contributed by atoms with E-state index in [0.717, 1.165) is 16.6 Å². The van der Waals surface area contributed by atoms with E-state index >= 15 is 0 Å². The third kappa shape index (κ3) is 2.31. The zero-order chi connectivity index (χ0) is 14.3. The molecule has 0 N–H and O–H groups in total. The van der Waals surface area contributed by atoms with Gasteiger partial charge in [0.1, 0.15) is 0 Å². The number of aryl methyl sites for hydroxylation is 1. The van der Waals surface area contributed by atoms with Crippen LogP contribution in [0.4, 0.5) is 5.69 Å². The number of fused-ring (bicyclic) bond motifs is 1. The average Bonchev–Trinajstić information content (AvgIpc) is 2.92. The minimum Gasteiger partial charge on any atom is -0.311 e. The van der Waals surface area contributed by atoms with E-state index in [1.54, 1.807) is 22.7 Å². The summed E-state index contributed by atoms with van der Waals surface area (Å²) in [5.74, 6) is 0.0759. The van der Waals surface area contributed by atoms with Gasteiger partial charge in [-0.2, -0.15) is 5.10 Å². The van der Waals surface area contributed by atoms with Crippen LogP contribution >= 0.6 is 11.8 Å². The molecule has 1 aromatic heterocycles. The zero-order valence-electron chi connectivity index (χ0n) is 11.4. The minimum atomic E-state index is 0.0598. The summed E-state index contributed by atoms with van der Waals surface area (Å²) in [6.45, 7) is 2.13. The van der Waals surface area contributed by atoms with Gasteiger partial charge in [-0.3, -0.25) is 14.3 Å². The van der Waals surface area contributed by atoms with Gasteiger partial charge in [0, 0.05) is 43.3 Å². The summed E-state index contributed by atoms with van der Waals surface area (Å²) in [5, 5.41) is 5.34. The third-order valence-electron chi connectivity index (χ3n) is 3.46. The Bertz CT molecular complexity index is 695. The summed E-state index contributed by atoms with van der Waals surface area (Å²) in [6.07, 6.45) is 2.22. The van der Waals surface area contributed by atoms with Gasteiger partial charge in [-0.1, -0.05) is 11.8 Å². The van der Waals surface area contributed by atoms with Crippen LogP contribution < -0.4 is 4.90 Å². The maximum Gasteiger partial charge on any atom is 0.228 e. The van der Waals surface area contributed by atoms with Gasteiger partial charge in [-0.25, -0.2) is 0 Å². The van der Waals surface area contributed by atoms with Crippen LogP contribution in [-0.4, -0.2) is 32.6 Å². The van der Waals surface area contributed by atoms with E-state index in [1.165, 1.54) is 11.8 Å². The first-order valence-electron chi connectivity index (χ1n) is 6.44. The summed E-state index contributed by atoms with van der Waals surface area (Å²) in [6, 6.07) is 5.88. The van der Waals surface area contributed by atoms with Crippen molar-refractivity contribution >= 4 is 39.4 Å². The SMILES string of the molecule is CC(=O)SC1CC(=O)N(c2ccc3c(cnn3C)c2)C1. The Hall–Kier alpha value is -1.82. The number of hydrogen-bond donors (Lipinski definition) is 0. The molecule has 0 spiro atoms. The van der Waals surface area contributed by atoms with E-state index in [0.29, 0.717) is 13.0 Å². The van der Waals surface area contributed by atoms with E-state index in [1.807, 2.05) is 25.2 Å². The first kappa shape index (κ1) is 13.2. The quantitative estimate of drug-likeness (QED) is 0.848. The molecule has 1 atom stereocenters. The molecule has 5 nitrogen and oxygen atoms in total. The molecule has 0 aliphatic carbocycles. The van der Waals surface area contributed by atoms with Crippen molar-refractivity contribution in [3.63, 3.8) is 0 Å². The number of hydrogen-bond acceptors (Lipinski definition) is 4. The topological polar surface area (TPSA) is 55.2 Å². The number of thioether (sulfide) groups is 1. The summed E-state index contributed by atoms with van der Waals surface area (Å²) in [7, 11) is 1.89. The molecule has 6 heteroatoms. The molecular weight excluding hydrogens is 274 g/mol. The number of rotatable bonds is 2. The minimum absolute atomic E-state index is 0.0598. The number of carbonyl (C=O) groups excluding carboxylic acids is 2. The molecule has 0 radical (unpaired) electrons. The highest BCUT2D eigenvalue weighted by molar-refractivity contribution is 8.14. The molecule has 1 fully saturated rings. The summed E-state index contributed by atoms with van der Waals surface area (Å²) in [4.78, 5) is 25.0. The molecule has 1 aliphatic heterocycles. The molecule has 104 valence electrons. The van der Waals surface area contributed by atoms with Gasteiger partial charge in [0.05, 0.1) is 11.7 Å². The van der Waals surface area contributed by atoms with Gasteiger partial charge >= 0.3 is 0 Å². The van der Waals surface area contributed by atoms with Crippen LogP contribution in [0.15, 0.2) is 24.4 Å². The van der Waals surface area contributed by atoms with Gasteiger partial charge in [0.25, 0.3) is 0 Å². The molecular formula is C14H15N3O2S. The van der Waals surface area contributed by atoms with Crippen molar-refractivity contribution in [1.82, 2.24) is 9.78 Å². The van der Waals surface area contributed by atoms with Crippen LogP contribution in [0.2, 0.25) is 0 Å². The van der Waals surface area contributed by atoms with Crippen molar-refractivity contribution in [2.75, 3.05) is 11.4 Å². The first-order valence-corrected chi connectivity index (χ1v) is 7.32. The average molecular weight is 289 g/mol. The van der Waals surface area contributed by atoms with Crippen molar-refractivity contribution in [2.45, 2.75) is 18.6 Å². The number of benzene rings is 1. The molecule has 1 aliphatic rings. The molecule has 0 bridgehead atoms. The van der Waals surface area contributed by atoms with Crippen LogP contribution in [0.1, 0.15) is 13.3 Å². The Labute approximate surface area is 120 Å². The second kappa shape index (κ2) is 4.94. The Kier molecular flexibility index (Phi) is 3.25. The first-order chi connectivity index (χ1) is 9.54. The highest BCUT2D eigenvalue weighted by atomic mass is 32.2. The molecule has 1 saturated heterocycles. The lowest BCUT2D eigenvalue weighted by molar-refractivity contribution is -0.117. The molecule has 2 heterocycles. The van der Waals surface area contributed by atoms with Crippen LogP contribution in [0.3, 0.4) is 0 Å². The zero-order valence-corrected chi connectivity index (χ0v) is 12.2. The molecule has 1 aromatic carbocycles. The number of aromatic nitrogens is 2. The van der Waals surface area contributed by atoms with E-state index in [9.17, 15) is 9.59 Å². The highest BCUT2D eigenvalue weighted by Crippen LogP contribution is 2.30. The largest absolute Gasteiger partial charge is 0.311 e. The Morgan fingerprint density at radius 3 is 3.00 bits per heavy atom. The molecule has 3 rings (SSSR count). The van der Waals surface area contributed by atoms with Crippen LogP contribution in [0.25, 0.3) is 10.9 Å². The van der Waals surface area contributed by atoms with Gasteiger partial charge < -0.3 is 4.90 Å². The Balaban J connectivity index is 1.87. The predicted octanol–water partition coefficient (Wildman–Crippen LogP) is 1.96. The predicted molar refractivity (Wildman–Crippen MR) is 79.7 cm³/mol. The van der Waals surface area contributed by atoms with Crippen LogP contribution in [0.5, 0.6) is 0 Å². The van der Waals surface area contributed by atoms with Crippen molar-refractivity contribution in [2.24, 2.45) is 7.05 Å². The lowest BCUT2D eigenvalue weighted by Crippen LogP contribution is -2.24.